The minimum Gasteiger partial charge on any atom is -0.383 e. The van der Waals surface area contributed by atoms with E-state index >= 15 is 0 Å². The summed E-state index contributed by atoms with van der Waals surface area (Å²) in [5, 5.41) is 6.50. The number of anilines is 1. The lowest BCUT2D eigenvalue weighted by atomic mass is 10.5. The van der Waals surface area contributed by atoms with Crippen LogP contribution in [0.15, 0.2) is 17.4 Å². The van der Waals surface area contributed by atoms with Gasteiger partial charge in [0.05, 0.1) is 13.2 Å². The molecule has 0 fully saturated rings. The molecule has 0 aliphatic carbocycles. The van der Waals surface area contributed by atoms with E-state index in [1.807, 2.05) is 6.26 Å². The number of thioether (sulfide) groups is 1. The van der Waals surface area contributed by atoms with Crippen LogP contribution in [0.5, 0.6) is 0 Å². The smallest absolute Gasteiger partial charge is 0.239 e. The van der Waals surface area contributed by atoms with Crippen LogP contribution in [0.1, 0.15) is 0 Å². The monoisotopic (exact) mass is 256 g/mol. The van der Waals surface area contributed by atoms with E-state index in [0.29, 0.717) is 19.0 Å². The first kappa shape index (κ1) is 13.7. The Balaban J connectivity index is 2.31. The Morgan fingerprint density at radius 3 is 3.06 bits per heavy atom. The van der Waals surface area contributed by atoms with Gasteiger partial charge in [-0.05, 0) is 6.26 Å². The molecule has 0 radical (unpaired) electrons. The molecule has 1 rings (SSSR count). The molecule has 1 amide bonds. The van der Waals surface area contributed by atoms with Crippen LogP contribution < -0.4 is 10.6 Å². The largest absolute Gasteiger partial charge is 0.383 e. The number of nitrogens with zero attached hydrogens (tertiary/aromatic N) is 2. The first-order chi connectivity index (χ1) is 8.26. The number of carbonyl (C=O) groups excluding carboxylic acids is 1. The fourth-order valence-corrected chi connectivity index (χ4v) is 1.46. The summed E-state index contributed by atoms with van der Waals surface area (Å²) in [7, 11) is 1.59. The number of amides is 1. The van der Waals surface area contributed by atoms with Crippen LogP contribution in [0.4, 0.5) is 5.82 Å². The summed E-state index contributed by atoms with van der Waals surface area (Å²) in [6, 6.07) is 1.80. The molecule has 0 spiro atoms. The molecule has 0 saturated heterocycles. The van der Waals surface area contributed by atoms with Gasteiger partial charge in [0.25, 0.3) is 0 Å². The highest BCUT2D eigenvalue weighted by atomic mass is 32.2. The van der Waals surface area contributed by atoms with Crippen LogP contribution in [0.2, 0.25) is 0 Å². The second kappa shape index (κ2) is 7.86. The van der Waals surface area contributed by atoms with Gasteiger partial charge in [0.1, 0.15) is 17.2 Å². The molecule has 0 aromatic carbocycles. The fourth-order valence-electron chi connectivity index (χ4n) is 1.07. The van der Waals surface area contributed by atoms with Crippen molar-refractivity contribution in [1.29, 1.82) is 0 Å². The van der Waals surface area contributed by atoms with E-state index in [-0.39, 0.29) is 12.5 Å². The van der Waals surface area contributed by atoms with Gasteiger partial charge in [0.2, 0.25) is 5.91 Å². The fraction of sp³-hybridized carbons (Fsp3) is 0.500. The number of nitrogens with one attached hydrogen (secondary N) is 2. The molecule has 0 saturated carbocycles. The van der Waals surface area contributed by atoms with Gasteiger partial charge >= 0.3 is 0 Å². The Morgan fingerprint density at radius 1 is 1.53 bits per heavy atom. The molecule has 1 aromatic rings. The van der Waals surface area contributed by atoms with E-state index in [4.69, 9.17) is 4.74 Å². The van der Waals surface area contributed by atoms with Crippen molar-refractivity contribution in [2.75, 3.05) is 38.4 Å². The summed E-state index contributed by atoms with van der Waals surface area (Å²) in [6.07, 6.45) is 3.40. The van der Waals surface area contributed by atoms with Crippen molar-refractivity contribution < 1.29 is 9.53 Å². The van der Waals surface area contributed by atoms with Gasteiger partial charge in [-0.1, -0.05) is 0 Å². The lowest BCUT2D eigenvalue weighted by molar-refractivity contribution is -0.119. The number of rotatable bonds is 7. The zero-order chi connectivity index (χ0) is 12.5. The number of ether oxygens (including phenoxy) is 1. The molecule has 6 nitrogen and oxygen atoms in total. The van der Waals surface area contributed by atoms with Crippen molar-refractivity contribution in [1.82, 2.24) is 15.3 Å². The van der Waals surface area contributed by atoms with Crippen molar-refractivity contribution in [2.45, 2.75) is 5.03 Å². The van der Waals surface area contributed by atoms with Gasteiger partial charge in [-0.3, -0.25) is 4.79 Å². The first-order valence-corrected chi connectivity index (χ1v) is 6.34. The molecule has 0 aliphatic rings. The summed E-state index contributed by atoms with van der Waals surface area (Å²) >= 11 is 1.53. The maximum Gasteiger partial charge on any atom is 0.239 e. The number of methoxy groups -OCH3 is 1. The molecule has 0 unspecified atom stereocenters. The molecule has 0 bridgehead atoms. The van der Waals surface area contributed by atoms with Gasteiger partial charge < -0.3 is 15.4 Å². The van der Waals surface area contributed by atoms with Crippen LogP contribution in [-0.4, -0.2) is 48.9 Å². The molecule has 17 heavy (non-hydrogen) atoms. The molecule has 2 N–H and O–H groups in total. The van der Waals surface area contributed by atoms with Crippen LogP contribution in [0, 0.1) is 0 Å². The van der Waals surface area contributed by atoms with Gasteiger partial charge in [-0.2, -0.15) is 0 Å². The van der Waals surface area contributed by atoms with E-state index in [2.05, 4.69) is 20.6 Å². The third kappa shape index (κ3) is 5.50. The topological polar surface area (TPSA) is 76.1 Å². The Hall–Kier alpha value is -1.34. The summed E-state index contributed by atoms with van der Waals surface area (Å²) in [5.74, 6) is 0.553. The number of hydrogen-bond donors (Lipinski definition) is 2. The molecule has 94 valence electrons. The van der Waals surface area contributed by atoms with Gasteiger partial charge in [0.15, 0.2) is 0 Å². The Bertz CT molecular complexity index is 362. The molecule has 7 heteroatoms. The van der Waals surface area contributed by atoms with Crippen LogP contribution in [0.25, 0.3) is 0 Å². The third-order valence-corrected chi connectivity index (χ3v) is 2.55. The van der Waals surface area contributed by atoms with E-state index in [1.54, 1.807) is 13.2 Å². The first-order valence-electron chi connectivity index (χ1n) is 5.12. The van der Waals surface area contributed by atoms with E-state index < -0.39 is 0 Å². The molecule has 0 atom stereocenters. The minimum atomic E-state index is -0.0913. The number of carbonyl (C=O) groups is 1. The molecule has 1 heterocycles. The van der Waals surface area contributed by atoms with Crippen molar-refractivity contribution in [2.24, 2.45) is 0 Å². The predicted octanol–water partition coefficient (Wildman–Crippen LogP) is 0.373. The maximum atomic E-state index is 11.4. The van der Waals surface area contributed by atoms with Gasteiger partial charge in [-0.15, -0.1) is 11.8 Å². The summed E-state index contributed by atoms with van der Waals surface area (Å²) < 4.78 is 4.83. The molecular weight excluding hydrogens is 240 g/mol. The highest BCUT2D eigenvalue weighted by Crippen LogP contribution is 2.13. The average molecular weight is 256 g/mol. The van der Waals surface area contributed by atoms with Crippen molar-refractivity contribution >= 4 is 23.5 Å². The molecular formula is C10H16N4O2S. The normalized spacial score (nSPS) is 10.0. The van der Waals surface area contributed by atoms with Crippen molar-refractivity contribution in [3.63, 3.8) is 0 Å². The van der Waals surface area contributed by atoms with Gasteiger partial charge in [-0.25, -0.2) is 9.97 Å². The Kier molecular flexibility index (Phi) is 6.34. The van der Waals surface area contributed by atoms with E-state index in [0.717, 1.165) is 5.03 Å². The highest BCUT2D eigenvalue weighted by molar-refractivity contribution is 7.98. The van der Waals surface area contributed by atoms with Crippen molar-refractivity contribution in [3.05, 3.63) is 12.4 Å². The van der Waals surface area contributed by atoms with Crippen LogP contribution in [0.3, 0.4) is 0 Å². The Morgan fingerprint density at radius 2 is 2.35 bits per heavy atom. The quantitative estimate of drug-likeness (QED) is 0.417. The zero-order valence-corrected chi connectivity index (χ0v) is 10.7. The Labute approximate surface area is 105 Å². The van der Waals surface area contributed by atoms with E-state index in [9.17, 15) is 4.79 Å². The standard InChI is InChI=1S/C10H16N4O2S/c1-16-4-3-11-9(15)6-12-8-5-10(17-2)14-7-13-8/h5,7H,3-4,6H2,1-2H3,(H,11,15)(H,12,13,14). The zero-order valence-electron chi connectivity index (χ0n) is 9.90. The molecule has 0 aliphatic heterocycles. The number of aromatic nitrogens is 2. The predicted molar refractivity (Wildman–Crippen MR) is 67.2 cm³/mol. The number of hydrogen-bond acceptors (Lipinski definition) is 6. The third-order valence-electron chi connectivity index (χ3n) is 1.91. The second-order valence-electron chi connectivity index (χ2n) is 3.14. The summed E-state index contributed by atoms with van der Waals surface area (Å²) in [6.45, 7) is 1.21. The second-order valence-corrected chi connectivity index (χ2v) is 3.97. The lowest BCUT2D eigenvalue weighted by Crippen LogP contribution is -2.32. The van der Waals surface area contributed by atoms with E-state index in [1.165, 1.54) is 18.1 Å². The average Bonchev–Trinajstić information content (AvgIpc) is 2.37. The maximum absolute atomic E-state index is 11.4. The van der Waals surface area contributed by atoms with Gasteiger partial charge in [0, 0.05) is 19.7 Å². The van der Waals surface area contributed by atoms with Crippen LogP contribution in [-0.2, 0) is 9.53 Å². The SMILES string of the molecule is COCCNC(=O)CNc1cc(SC)ncn1. The minimum absolute atomic E-state index is 0.0913. The summed E-state index contributed by atoms with van der Waals surface area (Å²) in [5.41, 5.74) is 0. The van der Waals surface area contributed by atoms with Crippen molar-refractivity contribution in [3.8, 4) is 0 Å². The molecule has 1 aromatic heterocycles. The van der Waals surface area contributed by atoms with Crippen LogP contribution >= 0.6 is 11.8 Å². The lowest BCUT2D eigenvalue weighted by Gasteiger charge is -2.07. The highest BCUT2D eigenvalue weighted by Gasteiger charge is 2.02. The summed E-state index contributed by atoms with van der Waals surface area (Å²) in [4.78, 5) is 19.4.